The van der Waals surface area contributed by atoms with Gasteiger partial charge in [-0.25, -0.2) is 9.97 Å². The minimum Gasteiger partial charge on any atom is -0.431 e. The van der Waals surface area contributed by atoms with Crippen LogP contribution >= 0.6 is 34.7 Å². The maximum atomic E-state index is 12.2. The van der Waals surface area contributed by atoms with Crippen LogP contribution in [0.3, 0.4) is 0 Å². The van der Waals surface area contributed by atoms with Crippen molar-refractivity contribution in [1.29, 1.82) is 0 Å². The number of nitrogens with zero attached hydrogens (tertiary/aromatic N) is 2. The van der Waals surface area contributed by atoms with E-state index >= 15 is 0 Å². The summed E-state index contributed by atoms with van der Waals surface area (Å²) in [7, 11) is 0. The molecule has 4 aromatic rings. The molecule has 0 saturated carbocycles. The summed E-state index contributed by atoms with van der Waals surface area (Å²) in [4.78, 5) is 21.9. The van der Waals surface area contributed by atoms with Crippen LogP contribution in [0.1, 0.15) is 16.0 Å². The summed E-state index contributed by atoms with van der Waals surface area (Å²) < 4.78 is 5.61. The quantitative estimate of drug-likeness (QED) is 0.406. The van der Waals surface area contributed by atoms with E-state index in [9.17, 15) is 4.79 Å². The molecule has 0 atom stereocenters. The Labute approximate surface area is 175 Å². The van der Waals surface area contributed by atoms with Crippen LogP contribution in [-0.2, 0) is 11.2 Å². The summed E-state index contributed by atoms with van der Waals surface area (Å²) in [6, 6.07) is 13.5. The van der Waals surface area contributed by atoms with E-state index in [2.05, 4.69) is 21.4 Å². The number of halogens is 1. The average molecular weight is 430 g/mol. The van der Waals surface area contributed by atoms with Gasteiger partial charge in [0.05, 0.1) is 5.75 Å². The molecule has 0 aliphatic carbocycles. The van der Waals surface area contributed by atoms with Gasteiger partial charge in [-0.05, 0) is 36.2 Å². The lowest BCUT2D eigenvalue weighted by Crippen LogP contribution is -2.13. The normalized spacial score (nSPS) is 11.1. The highest BCUT2D eigenvalue weighted by Crippen LogP contribution is 2.25. The van der Waals surface area contributed by atoms with Gasteiger partial charge in [0.1, 0.15) is 5.52 Å². The van der Waals surface area contributed by atoms with E-state index in [0.29, 0.717) is 15.9 Å². The highest BCUT2D eigenvalue weighted by molar-refractivity contribution is 7.99. The Balaban J connectivity index is 1.32. The van der Waals surface area contributed by atoms with Gasteiger partial charge in [-0.1, -0.05) is 47.6 Å². The molecule has 0 fully saturated rings. The first-order valence-corrected chi connectivity index (χ1v) is 10.7. The van der Waals surface area contributed by atoms with E-state index in [0.717, 1.165) is 33.0 Å². The second-order valence-corrected chi connectivity index (χ2v) is 8.63. The molecular formula is C20H16ClN3O2S2. The lowest BCUT2D eigenvalue weighted by molar-refractivity contribution is -0.113. The van der Waals surface area contributed by atoms with Gasteiger partial charge in [0.25, 0.3) is 5.22 Å². The summed E-state index contributed by atoms with van der Waals surface area (Å²) in [6.07, 6.45) is 2.51. The van der Waals surface area contributed by atoms with Crippen LogP contribution in [0.25, 0.3) is 11.1 Å². The number of nitrogens with one attached hydrogen (secondary N) is 1. The molecule has 4 rings (SSSR count). The summed E-state index contributed by atoms with van der Waals surface area (Å²) in [5.41, 5.74) is 3.67. The number of hydrogen-bond donors (Lipinski definition) is 1. The first-order chi connectivity index (χ1) is 13.6. The van der Waals surface area contributed by atoms with Gasteiger partial charge >= 0.3 is 0 Å². The van der Waals surface area contributed by atoms with Gasteiger partial charge in [0, 0.05) is 22.5 Å². The van der Waals surface area contributed by atoms with Crippen LogP contribution in [0.4, 0.5) is 5.13 Å². The number of hydrogen-bond acceptors (Lipinski definition) is 6. The van der Waals surface area contributed by atoms with E-state index in [4.69, 9.17) is 16.0 Å². The van der Waals surface area contributed by atoms with Gasteiger partial charge in [-0.3, -0.25) is 4.79 Å². The van der Waals surface area contributed by atoms with Crippen LogP contribution in [0.15, 0.2) is 58.3 Å². The zero-order chi connectivity index (χ0) is 19.5. The van der Waals surface area contributed by atoms with Crippen LogP contribution in [0.2, 0.25) is 5.02 Å². The second-order valence-electron chi connectivity index (χ2n) is 6.18. The number of oxazole rings is 1. The number of thioether (sulfide) groups is 1. The van der Waals surface area contributed by atoms with E-state index < -0.39 is 0 Å². The summed E-state index contributed by atoms with van der Waals surface area (Å²) in [5.74, 6) is 0.0570. The molecule has 0 aliphatic heterocycles. The van der Waals surface area contributed by atoms with Crippen molar-refractivity contribution in [2.24, 2.45) is 0 Å². The number of aryl methyl sites for hydroxylation is 1. The molecule has 2 heterocycles. The molecule has 0 spiro atoms. The molecule has 2 aromatic heterocycles. The molecule has 2 aromatic carbocycles. The molecular weight excluding hydrogens is 414 g/mol. The summed E-state index contributed by atoms with van der Waals surface area (Å²) in [5, 5.41) is 4.64. The van der Waals surface area contributed by atoms with Gasteiger partial charge < -0.3 is 9.73 Å². The van der Waals surface area contributed by atoms with Crippen molar-refractivity contribution < 1.29 is 9.21 Å². The SMILES string of the molecule is Cc1ccc(Cc2cnc(NC(=O)CSc3nc4ccccc4o3)s2)cc1Cl. The standard InChI is InChI=1S/C20H16ClN3O2S2/c1-12-6-7-13(9-15(12)21)8-14-10-22-19(28-14)24-18(25)11-27-20-23-16-4-2-3-5-17(16)26-20/h2-7,9-10H,8,11H2,1H3,(H,22,24,25). The maximum Gasteiger partial charge on any atom is 0.257 e. The minimum atomic E-state index is -0.147. The van der Waals surface area contributed by atoms with E-state index in [1.165, 1.54) is 23.1 Å². The second kappa shape index (κ2) is 8.34. The monoisotopic (exact) mass is 429 g/mol. The Bertz CT molecular complexity index is 1110. The molecule has 0 bridgehead atoms. The van der Waals surface area contributed by atoms with Gasteiger partial charge in [-0.15, -0.1) is 11.3 Å². The molecule has 8 heteroatoms. The zero-order valence-corrected chi connectivity index (χ0v) is 17.3. The fraction of sp³-hybridized carbons (Fsp3) is 0.150. The van der Waals surface area contributed by atoms with Crippen molar-refractivity contribution in [1.82, 2.24) is 9.97 Å². The average Bonchev–Trinajstić information content (AvgIpc) is 3.29. The van der Waals surface area contributed by atoms with Crippen molar-refractivity contribution >= 4 is 56.8 Å². The third-order valence-electron chi connectivity index (χ3n) is 4.02. The maximum absolute atomic E-state index is 12.2. The number of amides is 1. The number of anilines is 1. The number of carbonyl (C=O) groups is 1. The van der Waals surface area contributed by atoms with Crippen LogP contribution in [0, 0.1) is 6.92 Å². The highest BCUT2D eigenvalue weighted by Gasteiger charge is 2.11. The molecule has 0 saturated heterocycles. The van der Waals surface area contributed by atoms with Crippen molar-refractivity contribution in [2.75, 3.05) is 11.1 Å². The number of rotatable bonds is 6. The van der Waals surface area contributed by atoms with Gasteiger partial charge in [0.15, 0.2) is 10.7 Å². The van der Waals surface area contributed by atoms with Crippen molar-refractivity contribution in [3.05, 3.63) is 69.7 Å². The molecule has 0 aliphatic rings. The Morgan fingerprint density at radius 1 is 1.29 bits per heavy atom. The smallest absolute Gasteiger partial charge is 0.257 e. The Hall–Kier alpha value is -2.35. The van der Waals surface area contributed by atoms with Gasteiger partial charge in [-0.2, -0.15) is 0 Å². The summed E-state index contributed by atoms with van der Waals surface area (Å²) >= 11 is 8.90. The Morgan fingerprint density at radius 2 is 2.14 bits per heavy atom. The fourth-order valence-electron chi connectivity index (χ4n) is 2.59. The molecule has 0 unspecified atom stereocenters. The number of carbonyl (C=O) groups excluding carboxylic acids is 1. The molecule has 142 valence electrons. The Morgan fingerprint density at radius 3 is 2.96 bits per heavy atom. The van der Waals surface area contributed by atoms with Crippen LogP contribution in [-0.4, -0.2) is 21.6 Å². The van der Waals surface area contributed by atoms with Crippen molar-refractivity contribution in [3.8, 4) is 0 Å². The van der Waals surface area contributed by atoms with E-state index in [1.807, 2.05) is 43.3 Å². The lowest BCUT2D eigenvalue weighted by Gasteiger charge is -2.02. The summed E-state index contributed by atoms with van der Waals surface area (Å²) in [6.45, 7) is 1.98. The number of thiazole rings is 1. The predicted octanol–water partition coefficient (Wildman–Crippen LogP) is 5.57. The molecule has 1 amide bonds. The topological polar surface area (TPSA) is 68.0 Å². The van der Waals surface area contributed by atoms with Crippen LogP contribution < -0.4 is 5.32 Å². The third kappa shape index (κ3) is 4.55. The Kier molecular flexibility index (Phi) is 5.66. The number of benzene rings is 2. The van der Waals surface area contributed by atoms with E-state index in [1.54, 1.807) is 6.20 Å². The number of para-hydroxylation sites is 2. The van der Waals surface area contributed by atoms with E-state index in [-0.39, 0.29) is 11.7 Å². The molecule has 28 heavy (non-hydrogen) atoms. The highest BCUT2D eigenvalue weighted by atomic mass is 35.5. The molecule has 5 nitrogen and oxygen atoms in total. The predicted molar refractivity (Wildman–Crippen MR) is 114 cm³/mol. The molecule has 0 radical (unpaired) electrons. The number of aromatic nitrogens is 2. The zero-order valence-electron chi connectivity index (χ0n) is 14.9. The third-order valence-corrected chi connectivity index (χ3v) is 6.16. The fourth-order valence-corrected chi connectivity index (χ4v) is 4.29. The van der Waals surface area contributed by atoms with Crippen molar-refractivity contribution in [2.45, 2.75) is 18.6 Å². The molecule has 1 N–H and O–H groups in total. The lowest BCUT2D eigenvalue weighted by atomic mass is 10.1. The largest absolute Gasteiger partial charge is 0.431 e. The first kappa shape index (κ1) is 19.0. The van der Waals surface area contributed by atoms with Crippen molar-refractivity contribution in [3.63, 3.8) is 0 Å². The number of fused-ring (bicyclic) bond motifs is 1. The van der Waals surface area contributed by atoms with Crippen LogP contribution in [0.5, 0.6) is 0 Å². The van der Waals surface area contributed by atoms with Gasteiger partial charge in [0.2, 0.25) is 5.91 Å². The minimum absolute atomic E-state index is 0.147. The first-order valence-electron chi connectivity index (χ1n) is 8.55.